The summed E-state index contributed by atoms with van der Waals surface area (Å²) in [5, 5.41) is 11.5. The van der Waals surface area contributed by atoms with Crippen LogP contribution in [0.4, 0.5) is 11.4 Å². The van der Waals surface area contributed by atoms with Gasteiger partial charge >= 0.3 is 0 Å². The zero-order chi connectivity index (χ0) is 18.4. The quantitative estimate of drug-likeness (QED) is 0.526. The molecule has 23 heavy (non-hydrogen) atoms. The second kappa shape index (κ2) is 14.3. The SMILES string of the molecule is CC.CC.CC.Cc1cc(Cl)c(N2CCOCC2)c([N+](=O)[O-])c1. The summed E-state index contributed by atoms with van der Waals surface area (Å²) in [7, 11) is 0. The first-order valence-electron chi connectivity index (χ1n) is 8.37. The number of nitro groups is 1. The van der Waals surface area contributed by atoms with Gasteiger partial charge in [0.2, 0.25) is 0 Å². The van der Waals surface area contributed by atoms with Crippen molar-refractivity contribution in [3.05, 3.63) is 32.8 Å². The Labute approximate surface area is 145 Å². The number of nitrogens with zero attached hydrogens (tertiary/aromatic N) is 2. The maximum atomic E-state index is 11.1. The average molecular weight is 347 g/mol. The van der Waals surface area contributed by atoms with Gasteiger partial charge in [-0.1, -0.05) is 53.1 Å². The molecule has 0 unspecified atom stereocenters. The first-order chi connectivity index (χ1) is 11.1. The van der Waals surface area contributed by atoms with Crippen LogP contribution in [0.5, 0.6) is 0 Å². The molecule has 1 aromatic rings. The van der Waals surface area contributed by atoms with Crippen LogP contribution in [-0.4, -0.2) is 31.2 Å². The highest BCUT2D eigenvalue weighted by Gasteiger charge is 2.24. The van der Waals surface area contributed by atoms with Crippen molar-refractivity contribution in [1.82, 2.24) is 0 Å². The largest absolute Gasteiger partial charge is 0.378 e. The Morgan fingerprint density at radius 3 is 2.00 bits per heavy atom. The van der Waals surface area contributed by atoms with E-state index in [0.29, 0.717) is 37.0 Å². The van der Waals surface area contributed by atoms with Crippen LogP contribution in [0.25, 0.3) is 0 Å². The molecule has 0 aromatic heterocycles. The summed E-state index contributed by atoms with van der Waals surface area (Å²) in [6.45, 7) is 16.2. The lowest BCUT2D eigenvalue weighted by atomic mass is 10.1. The van der Waals surface area contributed by atoms with Crippen LogP contribution in [0.3, 0.4) is 0 Å². The van der Waals surface area contributed by atoms with Crippen LogP contribution in [0, 0.1) is 17.0 Å². The summed E-state index contributed by atoms with van der Waals surface area (Å²) in [6, 6.07) is 3.30. The van der Waals surface area contributed by atoms with E-state index in [-0.39, 0.29) is 10.6 Å². The van der Waals surface area contributed by atoms with Crippen LogP contribution >= 0.6 is 11.6 Å². The molecule has 1 aliphatic rings. The number of aryl methyl sites for hydroxylation is 1. The minimum absolute atomic E-state index is 0.0666. The fourth-order valence-corrected chi connectivity index (χ4v) is 2.34. The number of hydrogen-bond donors (Lipinski definition) is 0. The Balaban J connectivity index is 0. The zero-order valence-electron chi connectivity index (χ0n) is 15.5. The van der Waals surface area contributed by atoms with Crippen LogP contribution in [-0.2, 0) is 4.74 Å². The normalized spacial score (nSPS) is 12.6. The van der Waals surface area contributed by atoms with Crippen molar-refractivity contribution in [1.29, 1.82) is 0 Å². The third-order valence-electron chi connectivity index (χ3n) is 2.71. The van der Waals surface area contributed by atoms with E-state index in [0.717, 1.165) is 5.56 Å². The zero-order valence-corrected chi connectivity index (χ0v) is 16.2. The number of halogens is 1. The minimum Gasteiger partial charge on any atom is -0.378 e. The van der Waals surface area contributed by atoms with Crippen molar-refractivity contribution >= 4 is 23.0 Å². The lowest BCUT2D eigenvalue weighted by Crippen LogP contribution is -2.36. The number of rotatable bonds is 2. The lowest BCUT2D eigenvalue weighted by Gasteiger charge is -2.29. The highest BCUT2D eigenvalue weighted by Crippen LogP contribution is 2.37. The number of morpholine rings is 1. The van der Waals surface area contributed by atoms with E-state index in [1.807, 2.05) is 46.4 Å². The molecule has 1 heterocycles. The maximum absolute atomic E-state index is 11.1. The fourth-order valence-electron chi connectivity index (χ4n) is 1.96. The predicted octanol–water partition coefficient (Wildman–Crippen LogP) is 5.47. The molecule has 0 spiro atoms. The van der Waals surface area contributed by atoms with Gasteiger partial charge in [0, 0.05) is 19.2 Å². The Kier molecular flexibility index (Phi) is 14.9. The molecule has 0 amide bonds. The van der Waals surface area contributed by atoms with Crippen molar-refractivity contribution in [2.75, 3.05) is 31.2 Å². The van der Waals surface area contributed by atoms with E-state index in [9.17, 15) is 10.1 Å². The standard InChI is InChI=1S/C11H13ClN2O3.3C2H6/c1-8-6-9(12)11(10(7-8)14(15)16)13-2-4-17-5-3-13;3*1-2/h6-7H,2-5H2,1H3;3*1-2H3. The fraction of sp³-hybridized carbons (Fsp3) is 0.647. The van der Waals surface area contributed by atoms with Gasteiger partial charge < -0.3 is 9.64 Å². The molecule has 1 saturated heterocycles. The van der Waals surface area contributed by atoms with Crippen molar-refractivity contribution < 1.29 is 9.66 Å². The summed E-state index contributed by atoms with van der Waals surface area (Å²) in [6.07, 6.45) is 0. The van der Waals surface area contributed by atoms with E-state index in [1.54, 1.807) is 19.1 Å². The van der Waals surface area contributed by atoms with Crippen molar-refractivity contribution in [3.8, 4) is 0 Å². The molecule has 0 atom stereocenters. The molecule has 0 saturated carbocycles. The van der Waals surface area contributed by atoms with Gasteiger partial charge in [0.1, 0.15) is 5.69 Å². The second-order valence-electron chi connectivity index (χ2n) is 3.97. The molecule has 2 rings (SSSR count). The molecule has 1 aliphatic heterocycles. The van der Waals surface area contributed by atoms with Gasteiger partial charge in [0.15, 0.2) is 0 Å². The highest BCUT2D eigenvalue weighted by molar-refractivity contribution is 6.34. The Hall–Kier alpha value is -1.33. The molecule has 134 valence electrons. The predicted molar refractivity (Wildman–Crippen MR) is 99.9 cm³/mol. The smallest absolute Gasteiger partial charge is 0.294 e. The molecular formula is C17H31ClN2O3. The summed E-state index contributed by atoms with van der Waals surface area (Å²) in [5.74, 6) is 0. The summed E-state index contributed by atoms with van der Waals surface area (Å²) >= 11 is 6.13. The van der Waals surface area contributed by atoms with Crippen LogP contribution in [0.2, 0.25) is 5.02 Å². The molecule has 0 bridgehead atoms. The molecule has 0 aliphatic carbocycles. The second-order valence-corrected chi connectivity index (χ2v) is 4.38. The average Bonchev–Trinajstić information content (AvgIpc) is 2.60. The number of hydrogen-bond acceptors (Lipinski definition) is 4. The molecule has 5 nitrogen and oxygen atoms in total. The van der Waals surface area contributed by atoms with E-state index < -0.39 is 0 Å². The van der Waals surface area contributed by atoms with Crippen molar-refractivity contribution in [3.63, 3.8) is 0 Å². The summed E-state index contributed by atoms with van der Waals surface area (Å²) in [4.78, 5) is 12.6. The highest BCUT2D eigenvalue weighted by atomic mass is 35.5. The van der Waals surface area contributed by atoms with Crippen molar-refractivity contribution in [2.45, 2.75) is 48.5 Å². The van der Waals surface area contributed by atoms with Crippen LogP contribution in [0.1, 0.15) is 47.1 Å². The van der Waals surface area contributed by atoms with Gasteiger partial charge in [0.25, 0.3) is 5.69 Å². The van der Waals surface area contributed by atoms with Gasteiger partial charge in [-0.05, 0) is 18.6 Å². The lowest BCUT2D eigenvalue weighted by molar-refractivity contribution is -0.384. The van der Waals surface area contributed by atoms with Crippen LogP contribution in [0.15, 0.2) is 12.1 Å². The Morgan fingerprint density at radius 2 is 1.57 bits per heavy atom. The first kappa shape index (κ1) is 23.9. The monoisotopic (exact) mass is 346 g/mol. The molecule has 1 aromatic carbocycles. The number of nitro benzene ring substituents is 1. The van der Waals surface area contributed by atoms with E-state index in [4.69, 9.17) is 16.3 Å². The maximum Gasteiger partial charge on any atom is 0.294 e. The number of benzene rings is 1. The van der Waals surface area contributed by atoms with E-state index in [2.05, 4.69) is 0 Å². The first-order valence-corrected chi connectivity index (χ1v) is 8.74. The van der Waals surface area contributed by atoms with Crippen molar-refractivity contribution in [2.24, 2.45) is 0 Å². The Bertz CT molecular complexity index is 448. The van der Waals surface area contributed by atoms with Gasteiger partial charge in [-0.15, -0.1) is 0 Å². The molecule has 0 N–H and O–H groups in total. The third kappa shape index (κ3) is 7.66. The van der Waals surface area contributed by atoms with Gasteiger partial charge in [-0.25, -0.2) is 0 Å². The van der Waals surface area contributed by atoms with Gasteiger partial charge in [0.05, 0.1) is 23.2 Å². The molecular weight excluding hydrogens is 316 g/mol. The van der Waals surface area contributed by atoms with E-state index in [1.165, 1.54) is 0 Å². The summed E-state index contributed by atoms with van der Waals surface area (Å²) < 4.78 is 5.23. The number of ether oxygens (including phenoxy) is 1. The Morgan fingerprint density at radius 1 is 1.09 bits per heavy atom. The summed E-state index contributed by atoms with van der Waals surface area (Å²) in [5.41, 5.74) is 1.36. The minimum atomic E-state index is -0.385. The van der Waals surface area contributed by atoms with Crippen LogP contribution < -0.4 is 4.90 Å². The third-order valence-corrected chi connectivity index (χ3v) is 3.00. The molecule has 0 radical (unpaired) electrons. The molecule has 1 fully saturated rings. The van der Waals surface area contributed by atoms with Gasteiger partial charge in [-0.2, -0.15) is 0 Å². The molecule has 6 heteroatoms. The van der Waals surface area contributed by atoms with E-state index >= 15 is 0 Å². The topological polar surface area (TPSA) is 55.6 Å². The number of anilines is 1. The van der Waals surface area contributed by atoms with Gasteiger partial charge in [-0.3, -0.25) is 10.1 Å².